The number of aromatic nitrogens is 2. The fourth-order valence-corrected chi connectivity index (χ4v) is 1.28. The molecule has 1 aromatic rings. The highest BCUT2D eigenvalue weighted by Gasteiger charge is 1.97. The fraction of sp³-hybridized carbons (Fsp3) is 0.636. The van der Waals surface area contributed by atoms with Crippen LogP contribution in [-0.2, 0) is 11.3 Å². The highest BCUT2D eigenvalue weighted by Crippen LogP contribution is 2.05. The Morgan fingerprint density at radius 3 is 2.73 bits per heavy atom. The van der Waals surface area contributed by atoms with Crippen LogP contribution in [0.15, 0.2) is 12.4 Å². The molecule has 0 unspecified atom stereocenters. The second-order valence-corrected chi connectivity index (χ2v) is 4.31. The van der Waals surface area contributed by atoms with Crippen molar-refractivity contribution in [1.29, 1.82) is 0 Å². The van der Waals surface area contributed by atoms with E-state index in [1.54, 1.807) is 6.20 Å². The number of nitrogens with zero attached hydrogens (tertiary/aromatic N) is 2. The van der Waals surface area contributed by atoms with Gasteiger partial charge >= 0.3 is 0 Å². The minimum Gasteiger partial charge on any atom is -0.375 e. The van der Waals surface area contributed by atoms with Gasteiger partial charge in [0.15, 0.2) is 0 Å². The lowest BCUT2D eigenvalue weighted by Gasteiger charge is -2.05. The lowest BCUT2D eigenvalue weighted by molar-refractivity contribution is 0.112. The maximum absolute atomic E-state index is 5.62. The van der Waals surface area contributed by atoms with Gasteiger partial charge in [-0.3, -0.25) is 4.98 Å². The Bertz CT molecular complexity index is 274. The molecule has 3 nitrogen and oxygen atoms in total. The molecule has 0 saturated heterocycles. The second-order valence-electron chi connectivity index (χ2n) is 3.92. The summed E-state index contributed by atoms with van der Waals surface area (Å²) in [6.07, 6.45) is 5.48. The third-order valence-corrected chi connectivity index (χ3v) is 2.19. The van der Waals surface area contributed by atoms with E-state index in [0.717, 1.165) is 24.6 Å². The molecule has 4 heteroatoms. The second kappa shape index (κ2) is 6.75. The number of hydrogen-bond donors (Lipinski definition) is 0. The molecule has 1 heterocycles. The van der Waals surface area contributed by atoms with Gasteiger partial charge in [-0.05, 0) is 18.8 Å². The quantitative estimate of drug-likeness (QED) is 0.702. The molecule has 0 aliphatic heterocycles. The van der Waals surface area contributed by atoms with Gasteiger partial charge in [-0.2, -0.15) is 0 Å². The third kappa shape index (κ3) is 5.70. The van der Waals surface area contributed by atoms with Crippen molar-refractivity contribution in [3.05, 3.63) is 23.2 Å². The van der Waals surface area contributed by atoms with Crippen molar-refractivity contribution in [3.8, 4) is 0 Å². The Morgan fingerprint density at radius 1 is 1.33 bits per heavy atom. The molecular formula is C11H17ClN2O. The van der Waals surface area contributed by atoms with Gasteiger partial charge in [0.25, 0.3) is 0 Å². The highest BCUT2D eigenvalue weighted by molar-refractivity contribution is 6.29. The highest BCUT2D eigenvalue weighted by atomic mass is 35.5. The summed E-state index contributed by atoms with van der Waals surface area (Å²) in [6.45, 7) is 5.72. The first-order valence-electron chi connectivity index (χ1n) is 5.22. The molecule has 15 heavy (non-hydrogen) atoms. The fourth-order valence-electron chi connectivity index (χ4n) is 1.18. The van der Waals surface area contributed by atoms with Crippen LogP contribution in [0.2, 0.25) is 5.15 Å². The Hall–Kier alpha value is -0.670. The molecule has 0 bridgehead atoms. The monoisotopic (exact) mass is 228 g/mol. The van der Waals surface area contributed by atoms with Gasteiger partial charge in [-0.15, -0.1) is 0 Å². The Balaban J connectivity index is 2.12. The first-order chi connectivity index (χ1) is 7.18. The standard InChI is InChI=1S/C11H17ClN2O/c1-9(2)4-3-5-15-8-10-6-14-11(12)7-13-10/h6-7,9H,3-5,8H2,1-2H3. The van der Waals surface area contributed by atoms with Crippen LogP contribution in [0, 0.1) is 5.92 Å². The van der Waals surface area contributed by atoms with E-state index < -0.39 is 0 Å². The van der Waals surface area contributed by atoms with Crippen LogP contribution >= 0.6 is 11.6 Å². The molecule has 0 amide bonds. The summed E-state index contributed by atoms with van der Waals surface area (Å²) in [6, 6.07) is 0. The van der Waals surface area contributed by atoms with E-state index in [9.17, 15) is 0 Å². The van der Waals surface area contributed by atoms with Crippen LogP contribution in [0.25, 0.3) is 0 Å². The number of rotatable bonds is 6. The van der Waals surface area contributed by atoms with E-state index in [4.69, 9.17) is 16.3 Å². The number of hydrogen-bond acceptors (Lipinski definition) is 3. The molecule has 1 aromatic heterocycles. The van der Waals surface area contributed by atoms with Crippen LogP contribution in [0.3, 0.4) is 0 Å². The molecule has 0 aliphatic rings. The maximum atomic E-state index is 5.62. The predicted molar refractivity (Wildman–Crippen MR) is 60.8 cm³/mol. The minimum absolute atomic E-state index is 0.415. The van der Waals surface area contributed by atoms with Crippen LogP contribution in [0.4, 0.5) is 0 Å². The van der Waals surface area contributed by atoms with Crippen molar-refractivity contribution in [3.63, 3.8) is 0 Å². The average molecular weight is 229 g/mol. The van der Waals surface area contributed by atoms with Crippen molar-refractivity contribution in [1.82, 2.24) is 9.97 Å². The summed E-state index contributed by atoms with van der Waals surface area (Å²) in [4.78, 5) is 8.02. The number of ether oxygens (including phenoxy) is 1. The summed E-state index contributed by atoms with van der Waals surface area (Å²) in [5, 5.41) is 0.415. The third-order valence-electron chi connectivity index (χ3n) is 1.99. The lowest BCUT2D eigenvalue weighted by Crippen LogP contribution is -1.99. The minimum atomic E-state index is 0.415. The zero-order valence-electron chi connectivity index (χ0n) is 9.24. The molecule has 0 spiro atoms. The normalized spacial score (nSPS) is 10.9. The molecule has 0 radical (unpaired) electrons. The number of halogens is 1. The van der Waals surface area contributed by atoms with E-state index >= 15 is 0 Å². The predicted octanol–water partition coefficient (Wildman–Crippen LogP) is 3.08. The van der Waals surface area contributed by atoms with Crippen LogP contribution in [-0.4, -0.2) is 16.6 Å². The van der Waals surface area contributed by atoms with E-state index in [2.05, 4.69) is 23.8 Å². The molecule has 0 aliphatic carbocycles. The van der Waals surface area contributed by atoms with Gasteiger partial charge < -0.3 is 4.74 Å². The molecule has 0 aromatic carbocycles. The van der Waals surface area contributed by atoms with Crippen LogP contribution in [0.1, 0.15) is 32.4 Å². The molecule has 84 valence electrons. The Labute approximate surface area is 95.8 Å². The van der Waals surface area contributed by atoms with Crippen molar-refractivity contribution in [2.45, 2.75) is 33.3 Å². The summed E-state index contributed by atoms with van der Waals surface area (Å²) in [7, 11) is 0. The van der Waals surface area contributed by atoms with E-state index in [0.29, 0.717) is 11.8 Å². The van der Waals surface area contributed by atoms with Gasteiger partial charge in [0.2, 0.25) is 0 Å². The summed E-state index contributed by atoms with van der Waals surface area (Å²) < 4.78 is 5.46. The van der Waals surface area contributed by atoms with Gasteiger partial charge in [-0.1, -0.05) is 25.4 Å². The van der Waals surface area contributed by atoms with Crippen molar-refractivity contribution in [2.75, 3.05) is 6.61 Å². The van der Waals surface area contributed by atoms with Crippen LogP contribution < -0.4 is 0 Å². The maximum Gasteiger partial charge on any atom is 0.147 e. The van der Waals surface area contributed by atoms with Crippen molar-refractivity contribution in [2.24, 2.45) is 5.92 Å². The smallest absolute Gasteiger partial charge is 0.147 e. The Morgan fingerprint density at radius 2 is 2.13 bits per heavy atom. The van der Waals surface area contributed by atoms with Crippen molar-refractivity contribution >= 4 is 11.6 Å². The van der Waals surface area contributed by atoms with E-state index in [1.807, 2.05) is 0 Å². The SMILES string of the molecule is CC(C)CCCOCc1cnc(Cl)cn1. The lowest BCUT2D eigenvalue weighted by atomic mass is 10.1. The zero-order valence-corrected chi connectivity index (χ0v) is 10.00. The Kier molecular flexibility index (Phi) is 5.58. The topological polar surface area (TPSA) is 35.0 Å². The van der Waals surface area contributed by atoms with E-state index in [1.165, 1.54) is 12.6 Å². The first-order valence-corrected chi connectivity index (χ1v) is 5.60. The van der Waals surface area contributed by atoms with E-state index in [-0.39, 0.29) is 0 Å². The first kappa shape index (κ1) is 12.4. The average Bonchev–Trinajstić information content (AvgIpc) is 2.20. The molecular weight excluding hydrogens is 212 g/mol. The van der Waals surface area contributed by atoms with Crippen molar-refractivity contribution < 1.29 is 4.74 Å². The summed E-state index contributed by atoms with van der Waals surface area (Å²) in [5.41, 5.74) is 0.823. The zero-order chi connectivity index (χ0) is 11.1. The van der Waals surface area contributed by atoms with Crippen LogP contribution in [0.5, 0.6) is 0 Å². The molecule has 1 rings (SSSR count). The molecule has 0 atom stereocenters. The van der Waals surface area contributed by atoms with Gasteiger partial charge in [0.05, 0.1) is 24.7 Å². The summed E-state index contributed by atoms with van der Waals surface area (Å²) >= 11 is 5.62. The van der Waals surface area contributed by atoms with Gasteiger partial charge in [-0.25, -0.2) is 4.98 Å². The summed E-state index contributed by atoms with van der Waals surface area (Å²) in [5.74, 6) is 0.740. The molecule has 0 saturated carbocycles. The molecule has 0 N–H and O–H groups in total. The van der Waals surface area contributed by atoms with Gasteiger partial charge in [0, 0.05) is 6.61 Å². The molecule has 0 fully saturated rings. The largest absolute Gasteiger partial charge is 0.375 e. The van der Waals surface area contributed by atoms with Gasteiger partial charge in [0.1, 0.15) is 5.15 Å².